The molecule has 0 saturated carbocycles. The van der Waals surface area contributed by atoms with Crippen LogP contribution in [0.25, 0.3) is 0 Å². The van der Waals surface area contributed by atoms with Crippen molar-refractivity contribution in [3.05, 3.63) is 65.5 Å². The number of nitrogens with one attached hydrogen (secondary N) is 3. The van der Waals surface area contributed by atoms with Crippen LogP contribution in [-0.2, 0) is 12.7 Å². The Kier molecular flexibility index (Phi) is 9.31. The van der Waals surface area contributed by atoms with E-state index in [2.05, 4.69) is 30.9 Å². The fourth-order valence-corrected chi connectivity index (χ4v) is 3.46. The summed E-state index contributed by atoms with van der Waals surface area (Å²) in [5.74, 6) is -0.0899. The summed E-state index contributed by atoms with van der Waals surface area (Å²) in [5.41, 5.74) is 0.593. The van der Waals surface area contributed by atoms with Crippen LogP contribution in [0.4, 0.5) is 36.4 Å². The number of aliphatic hydroxyl groups is 1. The Morgan fingerprint density at radius 2 is 1.92 bits per heavy atom. The molecule has 0 aliphatic carbocycles. The smallest absolute Gasteiger partial charge is 0.396 e. The van der Waals surface area contributed by atoms with E-state index in [1.807, 2.05) is 17.6 Å². The Hall–Kier alpha value is -3.58. The van der Waals surface area contributed by atoms with Crippen molar-refractivity contribution in [1.29, 1.82) is 0 Å². The number of nitrogens with zero attached hydrogens (tertiary/aromatic N) is 4. The minimum atomic E-state index is -4.65. The molecule has 9 nitrogen and oxygen atoms in total. The lowest BCUT2D eigenvalue weighted by Gasteiger charge is -2.19. The average molecular weight is 522 g/mol. The second-order valence-corrected chi connectivity index (χ2v) is 8.42. The molecule has 192 valence electrons. The number of carbonyl (C=O) groups excluding carboxylic acids is 1. The number of aliphatic hydroxyl groups excluding tert-OH is 1. The molecule has 36 heavy (non-hydrogen) atoms. The summed E-state index contributed by atoms with van der Waals surface area (Å²) in [4.78, 5) is 24.3. The topological polar surface area (TPSA) is 115 Å². The van der Waals surface area contributed by atoms with Gasteiger partial charge in [0.25, 0.3) is 5.91 Å². The van der Waals surface area contributed by atoms with Gasteiger partial charge in [0.1, 0.15) is 17.2 Å². The third-order valence-electron chi connectivity index (χ3n) is 5.00. The Morgan fingerprint density at radius 3 is 2.58 bits per heavy atom. The standard InChI is InChI=1S/C23H26F3N7O2S/c1-33(36-2)20-16(5-3-10-27-20)13-29-19-18(23(24,25)26)14-30-22(32-19)31-17-8-6-15(7-9-17)21(35)28-11-4-12-34/h3,5-10,14,34H,4,11-13H2,1-2H3,(H,28,35)(H2,29,30,31,32). The third-order valence-corrected chi connectivity index (χ3v) is 5.72. The Balaban J connectivity index is 1.77. The van der Waals surface area contributed by atoms with Gasteiger partial charge in [0, 0.05) is 62.2 Å². The molecule has 0 aliphatic rings. The van der Waals surface area contributed by atoms with Gasteiger partial charge in [-0.05, 0) is 36.8 Å². The number of alkyl halides is 3. The van der Waals surface area contributed by atoms with E-state index in [-0.39, 0.29) is 30.8 Å². The molecular weight excluding hydrogens is 495 g/mol. The summed E-state index contributed by atoms with van der Waals surface area (Å²) >= 11 is 1.42. The fourth-order valence-electron chi connectivity index (χ4n) is 3.12. The molecule has 0 aliphatic heterocycles. The van der Waals surface area contributed by atoms with Crippen LogP contribution in [0.15, 0.2) is 48.8 Å². The molecule has 4 N–H and O–H groups in total. The molecule has 3 aromatic rings. The van der Waals surface area contributed by atoms with E-state index >= 15 is 0 Å². The zero-order valence-corrected chi connectivity index (χ0v) is 20.5. The predicted molar refractivity (Wildman–Crippen MR) is 134 cm³/mol. The first-order valence-electron chi connectivity index (χ1n) is 10.9. The molecular formula is C23H26F3N7O2S. The van der Waals surface area contributed by atoms with Gasteiger partial charge in [-0.2, -0.15) is 18.2 Å². The van der Waals surface area contributed by atoms with E-state index in [0.29, 0.717) is 35.6 Å². The van der Waals surface area contributed by atoms with Crippen molar-refractivity contribution in [3.63, 3.8) is 0 Å². The Bertz CT molecular complexity index is 1160. The van der Waals surface area contributed by atoms with Gasteiger partial charge in [-0.3, -0.25) is 4.79 Å². The minimum absolute atomic E-state index is 0.0225. The summed E-state index contributed by atoms with van der Waals surface area (Å²) in [6.07, 6.45) is -0.00234. The summed E-state index contributed by atoms with van der Waals surface area (Å²) in [7, 11) is 1.81. The van der Waals surface area contributed by atoms with Gasteiger partial charge < -0.3 is 25.4 Å². The Labute approximate surface area is 210 Å². The van der Waals surface area contributed by atoms with Crippen molar-refractivity contribution in [1.82, 2.24) is 20.3 Å². The highest BCUT2D eigenvalue weighted by atomic mass is 32.2. The highest BCUT2D eigenvalue weighted by Gasteiger charge is 2.35. The summed E-state index contributed by atoms with van der Waals surface area (Å²) in [6, 6.07) is 9.79. The van der Waals surface area contributed by atoms with Gasteiger partial charge in [-0.25, -0.2) is 9.97 Å². The molecule has 2 heterocycles. The minimum Gasteiger partial charge on any atom is -0.396 e. The fraction of sp³-hybridized carbons (Fsp3) is 0.304. The number of rotatable bonds is 11. The molecule has 0 atom stereocenters. The number of pyridine rings is 1. The number of hydrogen-bond acceptors (Lipinski definition) is 9. The van der Waals surface area contributed by atoms with E-state index in [9.17, 15) is 18.0 Å². The molecule has 0 radical (unpaired) electrons. The molecule has 0 saturated heterocycles. The predicted octanol–water partition coefficient (Wildman–Crippen LogP) is 4.07. The highest BCUT2D eigenvalue weighted by molar-refractivity contribution is 7.99. The van der Waals surface area contributed by atoms with Crippen molar-refractivity contribution in [3.8, 4) is 0 Å². The van der Waals surface area contributed by atoms with Gasteiger partial charge in [0.15, 0.2) is 0 Å². The SMILES string of the molecule is CSN(C)c1ncccc1CNc1nc(Nc2ccc(C(=O)NCCCO)cc2)ncc1C(F)(F)F. The molecule has 1 amide bonds. The van der Waals surface area contributed by atoms with Crippen molar-refractivity contribution in [2.45, 2.75) is 19.1 Å². The van der Waals surface area contributed by atoms with E-state index in [4.69, 9.17) is 5.11 Å². The third kappa shape index (κ3) is 7.21. The monoisotopic (exact) mass is 521 g/mol. The van der Waals surface area contributed by atoms with Gasteiger partial charge in [0.2, 0.25) is 5.95 Å². The van der Waals surface area contributed by atoms with Crippen molar-refractivity contribution in [2.75, 3.05) is 41.4 Å². The highest BCUT2D eigenvalue weighted by Crippen LogP contribution is 2.34. The number of aromatic nitrogens is 3. The van der Waals surface area contributed by atoms with Crippen molar-refractivity contribution in [2.24, 2.45) is 0 Å². The molecule has 0 bridgehead atoms. The lowest BCUT2D eigenvalue weighted by Crippen LogP contribution is -2.24. The van der Waals surface area contributed by atoms with Gasteiger partial charge in [-0.1, -0.05) is 18.0 Å². The second kappa shape index (κ2) is 12.4. The molecule has 1 aromatic carbocycles. The molecule has 2 aromatic heterocycles. The second-order valence-electron chi connectivity index (χ2n) is 7.51. The number of anilines is 4. The van der Waals surface area contributed by atoms with Crippen LogP contribution in [0.3, 0.4) is 0 Å². The van der Waals surface area contributed by atoms with Gasteiger partial charge in [0.05, 0.1) is 0 Å². The Morgan fingerprint density at radius 1 is 1.17 bits per heavy atom. The number of benzene rings is 1. The zero-order valence-electron chi connectivity index (χ0n) is 19.6. The lowest BCUT2D eigenvalue weighted by atomic mass is 10.2. The van der Waals surface area contributed by atoms with Crippen LogP contribution >= 0.6 is 11.9 Å². The number of carbonyl (C=O) groups is 1. The van der Waals surface area contributed by atoms with Crippen LogP contribution in [0.1, 0.15) is 27.9 Å². The van der Waals surface area contributed by atoms with E-state index in [0.717, 1.165) is 6.20 Å². The van der Waals surface area contributed by atoms with Gasteiger partial charge in [-0.15, -0.1) is 0 Å². The first-order valence-corrected chi connectivity index (χ1v) is 12.1. The molecule has 0 fully saturated rings. The van der Waals surface area contributed by atoms with Crippen LogP contribution in [0, 0.1) is 0 Å². The van der Waals surface area contributed by atoms with Crippen LogP contribution in [0.5, 0.6) is 0 Å². The van der Waals surface area contributed by atoms with Crippen LogP contribution in [0.2, 0.25) is 0 Å². The molecule has 0 spiro atoms. The van der Waals surface area contributed by atoms with E-state index < -0.39 is 11.7 Å². The summed E-state index contributed by atoms with van der Waals surface area (Å²) in [6.45, 7) is 0.387. The maximum absolute atomic E-state index is 13.6. The maximum Gasteiger partial charge on any atom is 0.421 e. The summed E-state index contributed by atoms with van der Waals surface area (Å²) in [5, 5.41) is 17.1. The lowest BCUT2D eigenvalue weighted by molar-refractivity contribution is -0.137. The quantitative estimate of drug-likeness (QED) is 0.219. The summed E-state index contributed by atoms with van der Waals surface area (Å²) < 4.78 is 42.6. The number of halogens is 3. The van der Waals surface area contributed by atoms with Crippen molar-refractivity contribution >= 4 is 41.1 Å². The first kappa shape index (κ1) is 27.0. The number of hydrogen-bond donors (Lipinski definition) is 4. The first-order chi connectivity index (χ1) is 17.2. The number of amides is 1. The normalized spacial score (nSPS) is 11.2. The molecule has 13 heteroatoms. The van der Waals surface area contributed by atoms with Gasteiger partial charge >= 0.3 is 6.18 Å². The zero-order chi connectivity index (χ0) is 26.1. The van der Waals surface area contributed by atoms with Crippen LogP contribution in [-0.4, -0.2) is 52.4 Å². The molecule has 0 unspecified atom stereocenters. The maximum atomic E-state index is 13.6. The van der Waals surface area contributed by atoms with E-state index in [1.54, 1.807) is 42.6 Å². The average Bonchev–Trinajstić information content (AvgIpc) is 2.87. The molecule has 3 rings (SSSR count). The van der Waals surface area contributed by atoms with Crippen molar-refractivity contribution < 1.29 is 23.1 Å². The largest absolute Gasteiger partial charge is 0.421 e. The van der Waals surface area contributed by atoms with E-state index in [1.165, 1.54) is 11.9 Å². The van der Waals surface area contributed by atoms with Crippen LogP contribution < -0.4 is 20.3 Å².